The molecule has 0 aliphatic heterocycles. The summed E-state index contributed by atoms with van der Waals surface area (Å²) in [5.41, 5.74) is 7.45. The molecule has 250 valence electrons. The molecule has 54 heavy (non-hydrogen) atoms. The van der Waals surface area contributed by atoms with Crippen molar-refractivity contribution in [3.8, 4) is 28.3 Å². The molecule has 3 heterocycles. The van der Waals surface area contributed by atoms with Crippen LogP contribution in [0.25, 0.3) is 114 Å². The van der Waals surface area contributed by atoms with Crippen LogP contribution in [0.2, 0.25) is 0 Å². The zero-order valence-electron chi connectivity index (χ0n) is 29.0. The molecule has 12 rings (SSSR count). The van der Waals surface area contributed by atoms with Crippen molar-refractivity contribution in [2.24, 2.45) is 0 Å². The van der Waals surface area contributed by atoms with E-state index < -0.39 is 0 Å². The van der Waals surface area contributed by atoms with Crippen molar-refractivity contribution in [1.82, 2.24) is 14.5 Å². The lowest BCUT2D eigenvalue weighted by Gasteiger charge is -2.15. The first-order chi connectivity index (χ1) is 26.8. The molecule has 3 aromatic heterocycles. The SMILES string of the molecule is c1ccc(-c2nc(-n3c4c(-c5ccc6c(c5)sc5ccc7ccccc7c56)cccc4c4c5ccccc5c5ccccc5c43)nc3ccccc23)cc1. The number of para-hydroxylation sites is 2. The Bertz CT molecular complexity index is 3500. The molecule has 12 aromatic rings. The normalized spacial score (nSPS) is 12.1. The molecule has 0 fully saturated rings. The number of rotatable bonds is 3. The topological polar surface area (TPSA) is 30.7 Å². The van der Waals surface area contributed by atoms with Crippen LogP contribution in [0.3, 0.4) is 0 Å². The van der Waals surface area contributed by atoms with Crippen LogP contribution in [0.4, 0.5) is 0 Å². The van der Waals surface area contributed by atoms with E-state index in [4.69, 9.17) is 9.97 Å². The Labute approximate surface area is 314 Å². The first kappa shape index (κ1) is 29.7. The van der Waals surface area contributed by atoms with Crippen molar-refractivity contribution in [3.05, 3.63) is 176 Å². The second kappa shape index (κ2) is 11.3. The van der Waals surface area contributed by atoms with E-state index in [1.165, 1.54) is 68.8 Å². The van der Waals surface area contributed by atoms with Gasteiger partial charge in [0.2, 0.25) is 5.95 Å². The molecule has 0 saturated heterocycles. The van der Waals surface area contributed by atoms with Gasteiger partial charge >= 0.3 is 0 Å². The van der Waals surface area contributed by atoms with E-state index in [2.05, 4.69) is 180 Å². The van der Waals surface area contributed by atoms with Gasteiger partial charge in [-0.15, -0.1) is 11.3 Å². The summed E-state index contributed by atoms with van der Waals surface area (Å²) >= 11 is 1.87. The van der Waals surface area contributed by atoms with E-state index in [-0.39, 0.29) is 0 Å². The summed E-state index contributed by atoms with van der Waals surface area (Å²) in [5, 5.41) is 13.5. The highest BCUT2D eigenvalue weighted by atomic mass is 32.1. The van der Waals surface area contributed by atoms with E-state index >= 15 is 0 Å². The number of hydrogen-bond acceptors (Lipinski definition) is 3. The lowest BCUT2D eigenvalue weighted by molar-refractivity contribution is 1.02. The number of nitrogens with zero attached hydrogens (tertiary/aromatic N) is 3. The van der Waals surface area contributed by atoms with Crippen molar-refractivity contribution in [3.63, 3.8) is 0 Å². The van der Waals surface area contributed by atoms with Crippen molar-refractivity contribution in [2.75, 3.05) is 0 Å². The molecular formula is C50H29N3S. The molecule has 3 nitrogen and oxygen atoms in total. The van der Waals surface area contributed by atoms with Crippen LogP contribution in [-0.4, -0.2) is 14.5 Å². The van der Waals surface area contributed by atoms with Gasteiger partial charge in [0.25, 0.3) is 0 Å². The highest BCUT2D eigenvalue weighted by Gasteiger charge is 2.24. The van der Waals surface area contributed by atoms with E-state index in [9.17, 15) is 0 Å². The van der Waals surface area contributed by atoms with Crippen LogP contribution < -0.4 is 0 Å². The van der Waals surface area contributed by atoms with Gasteiger partial charge in [-0.25, -0.2) is 9.97 Å². The fourth-order valence-electron chi connectivity index (χ4n) is 8.85. The highest BCUT2D eigenvalue weighted by Crippen LogP contribution is 2.46. The Morgan fingerprint density at radius 3 is 1.93 bits per heavy atom. The molecule has 0 N–H and O–H groups in total. The summed E-state index contributed by atoms with van der Waals surface area (Å²) in [4.78, 5) is 10.9. The smallest absolute Gasteiger partial charge is 0.235 e. The van der Waals surface area contributed by atoms with Crippen molar-refractivity contribution >= 4 is 96.5 Å². The van der Waals surface area contributed by atoms with Crippen LogP contribution in [0.5, 0.6) is 0 Å². The lowest BCUT2D eigenvalue weighted by atomic mass is 9.95. The molecule has 0 saturated carbocycles. The average molecular weight is 704 g/mol. The van der Waals surface area contributed by atoms with E-state index in [1.54, 1.807) is 0 Å². The third-order valence-corrected chi connectivity index (χ3v) is 12.3. The second-order valence-corrected chi connectivity index (χ2v) is 15.2. The van der Waals surface area contributed by atoms with Gasteiger partial charge in [-0.1, -0.05) is 158 Å². The molecule has 0 bridgehead atoms. The predicted molar refractivity (Wildman–Crippen MR) is 230 cm³/mol. The maximum Gasteiger partial charge on any atom is 0.235 e. The van der Waals surface area contributed by atoms with Crippen LogP contribution in [0.15, 0.2) is 176 Å². The van der Waals surface area contributed by atoms with Gasteiger partial charge in [0.05, 0.1) is 22.2 Å². The predicted octanol–water partition coefficient (Wildman–Crippen LogP) is 13.9. The van der Waals surface area contributed by atoms with Crippen molar-refractivity contribution in [2.45, 2.75) is 0 Å². The third-order valence-electron chi connectivity index (χ3n) is 11.2. The van der Waals surface area contributed by atoms with Gasteiger partial charge in [0.15, 0.2) is 0 Å². The number of aromatic nitrogens is 3. The Hall–Kier alpha value is -6.88. The molecule has 0 aliphatic rings. The Morgan fingerprint density at radius 2 is 1.07 bits per heavy atom. The molecule has 9 aromatic carbocycles. The Balaban J connectivity index is 1.25. The summed E-state index contributed by atoms with van der Waals surface area (Å²) in [7, 11) is 0. The maximum absolute atomic E-state index is 5.50. The molecule has 0 radical (unpaired) electrons. The molecule has 0 amide bonds. The van der Waals surface area contributed by atoms with Crippen molar-refractivity contribution < 1.29 is 0 Å². The Kier molecular flexibility index (Phi) is 6.21. The number of thiophene rings is 1. The van der Waals surface area contributed by atoms with Crippen LogP contribution in [-0.2, 0) is 0 Å². The first-order valence-electron chi connectivity index (χ1n) is 18.3. The molecule has 0 aliphatic carbocycles. The van der Waals surface area contributed by atoms with Crippen molar-refractivity contribution in [1.29, 1.82) is 0 Å². The van der Waals surface area contributed by atoms with E-state index in [0.29, 0.717) is 5.95 Å². The first-order valence-corrected chi connectivity index (χ1v) is 19.2. The molecule has 4 heteroatoms. The van der Waals surface area contributed by atoms with E-state index in [0.717, 1.165) is 38.8 Å². The van der Waals surface area contributed by atoms with Gasteiger partial charge in [-0.05, 0) is 50.7 Å². The third kappa shape index (κ3) is 4.17. The fraction of sp³-hybridized carbons (Fsp3) is 0. The number of hydrogen-bond donors (Lipinski definition) is 0. The quantitative estimate of drug-likeness (QED) is 0.172. The number of fused-ring (bicyclic) bond motifs is 14. The largest absolute Gasteiger partial charge is 0.277 e. The summed E-state index contributed by atoms with van der Waals surface area (Å²) in [5.74, 6) is 0.662. The minimum atomic E-state index is 0.662. The zero-order chi connectivity index (χ0) is 35.3. The minimum Gasteiger partial charge on any atom is -0.277 e. The van der Waals surface area contributed by atoms with Gasteiger partial charge in [-0.3, -0.25) is 4.57 Å². The lowest BCUT2D eigenvalue weighted by Crippen LogP contribution is -2.04. The highest BCUT2D eigenvalue weighted by molar-refractivity contribution is 7.26. The molecule has 0 spiro atoms. The average Bonchev–Trinajstić information content (AvgIpc) is 3.80. The zero-order valence-corrected chi connectivity index (χ0v) is 29.8. The summed E-state index contributed by atoms with van der Waals surface area (Å²) in [6.45, 7) is 0. The van der Waals surface area contributed by atoms with Gasteiger partial charge in [0, 0.05) is 52.8 Å². The van der Waals surface area contributed by atoms with Gasteiger partial charge in [-0.2, -0.15) is 0 Å². The monoisotopic (exact) mass is 703 g/mol. The van der Waals surface area contributed by atoms with Gasteiger partial charge in [0.1, 0.15) is 0 Å². The van der Waals surface area contributed by atoms with Crippen LogP contribution in [0.1, 0.15) is 0 Å². The summed E-state index contributed by atoms with van der Waals surface area (Å²) in [6.07, 6.45) is 0. The molecule has 0 unspecified atom stereocenters. The standard InChI is InChI=1S/C50H29N3S/c1-2-14-31(15-3-1)47-39-21-10-11-24-42(39)51-50(52-47)53-48-34(32-25-27-40-44(29-32)54-43-28-26-30-13-4-5-16-33(30)45(40)43)22-12-23-41(48)46-37-19-8-6-17-35(37)36-18-7-9-20-38(36)49(46)53/h1-29H. The fourth-order valence-corrected chi connectivity index (χ4v) is 10.0. The van der Waals surface area contributed by atoms with Gasteiger partial charge < -0.3 is 0 Å². The summed E-state index contributed by atoms with van der Waals surface area (Å²) < 4.78 is 4.95. The summed E-state index contributed by atoms with van der Waals surface area (Å²) in [6, 6.07) is 63.5. The Morgan fingerprint density at radius 1 is 0.389 bits per heavy atom. The second-order valence-electron chi connectivity index (χ2n) is 14.1. The van der Waals surface area contributed by atoms with Crippen LogP contribution in [0, 0.1) is 0 Å². The number of benzene rings is 9. The minimum absolute atomic E-state index is 0.662. The van der Waals surface area contributed by atoms with Crippen LogP contribution >= 0.6 is 11.3 Å². The van der Waals surface area contributed by atoms with E-state index in [1.807, 2.05) is 11.3 Å². The maximum atomic E-state index is 5.50. The molecular weight excluding hydrogens is 675 g/mol. The molecule has 0 atom stereocenters.